The van der Waals surface area contributed by atoms with Crippen molar-refractivity contribution in [2.45, 2.75) is 51.6 Å². The number of phenols is 1. The molecule has 1 aliphatic carbocycles. The number of para-hydroxylation sites is 1. The van der Waals surface area contributed by atoms with Crippen LogP contribution in [0.3, 0.4) is 0 Å². The second-order valence-electron chi connectivity index (χ2n) is 8.63. The number of ketones is 1. The van der Waals surface area contributed by atoms with E-state index in [4.69, 9.17) is 9.47 Å². The van der Waals surface area contributed by atoms with Gasteiger partial charge in [0.2, 0.25) is 0 Å². The molecular weight excluding hydrogens is 364 g/mol. The Labute approximate surface area is 172 Å². The van der Waals surface area contributed by atoms with Gasteiger partial charge in [0.25, 0.3) is 0 Å². The summed E-state index contributed by atoms with van der Waals surface area (Å²) in [7, 11) is 0. The van der Waals surface area contributed by atoms with E-state index < -0.39 is 5.60 Å². The molecular formula is C25H28O4. The van der Waals surface area contributed by atoms with Crippen LogP contribution in [0.1, 0.15) is 57.1 Å². The van der Waals surface area contributed by atoms with E-state index >= 15 is 0 Å². The fourth-order valence-electron chi connectivity index (χ4n) is 4.42. The van der Waals surface area contributed by atoms with Crippen molar-refractivity contribution in [2.24, 2.45) is 5.92 Å². The molecule has 2 aromatic carbocycles. The Morgan fingerprint density at radius 2 is 2.00 bits per heavy atom. The second-order valence-corrected chi connectivity index (χ2v) is 8.63. The number of hydrogen-bond acceptors (Lipinski definition) is 4. The summed E-state index contributed by atoms with van der Waals surface area (Å²) >= 11 is 0. The van der Waals surface area contributed by atoms with Crippen molar-refractivity contribution >= 4 is 11.4 Å². The molecule has 4 nitrogen and oxygen atoms in total. The molecule has 2 aliphatic rings. The molecule has 2 unspecified atom stereocenters. The minimum Gasteiger partial charge on any atom is -0.507 e. The van der Waals surface area contributed by atoms with Crippen LogP contribution in [-0.4, -0.2) is 23.1 Å². The van der Waals surface area contributed by atoms with Crippen LogP contribution in [0.25, 0.3) is 5.57 Å². The van der Waals surface area contributed by atoms with Crippen LogP contribution in [0.15, 0.2) is 48.5 Å². The summed E-state index contributed by atoms with van der Waals surface area (Å²) < 4.78 is 12.1. The molecule has 0 radical (unpaired) electrons. The van der Waals surface area contributed by atoms with Gasteiger partial charge in [-0.25, -0.2) is 0 Å². The van der Waals surface area contributed by atoms with Crippen LogP contribution in [0.2, 0.25) is 0 Å². The number of carbonyl (C=O) groups excluding carboxylic acids is 1. The van der Waals surface area contributed by atoms with Gasteiger partial charge in [-0.05, 0) is 74.1 Å². The lowest BCUT2D eigenvalue weighted by Gasteiger charge is -2.43. The number of ether oxygens (including phenoxy) is 2. The van der Waals surface area contributed by atoms with Crippen molar-refractivity contribution in [1.82, 2.24) is 0 Å². The molecule has 2 atom stereocenters. The Bertz CT molecular complexity index is 943. The van der Waals surface area contributed by atoms with Crippen molar-refractivity contribution in [3.8, 4) is 17.2 Å². The molecule has 1 aliphatic heterocycles. The number of rotatable bonds is 5. The predicted octanol–water partition coefficient (Wildman–Crippen LogP) is 5.50. The number of carbonyl (C=O) groups is 1. The van der Waals surface area contributed by atoms with Crippen LogP contribution in [0.4, 0.5) is 0 Å². The molecule has 1 N–H and O–H groups in total. The van der Waals surface area contributed by atoms with Gasteiger partial charge < -0.3 is 14.6 Å². The summed E-state index contributed by atoms with van der Waals surface area (Å²) in [5.74, 6) is 2.14. The molecule has 4 heteroatoms. The number of benzene rings is 2. The van der Waals surface area contributed by atoms with Crippen LogP contribution in [-0.2, 0) is 4.79 Å². The zero-order chi connectivity index (χ0) is 20.6. The molecule has 1 heterocycles. The first-order valence-corrected chi connectivity index (χ1v) is 10.3. The van der Waals surface area contributed by atoms with Crippen molar-refractivity contribution in [2.75, 3.05) is 6.61 Å². The minimum absolute atomic E-state index is 0.112. The highest BCUT2D eigenvalue weighted by Crippen LogP contribution is 2.51. The normalized spacial score (nSPS) is 20.7. The second kappa shape index (κ2) is 7.58. The van der Waals surface area contributed by atoms with Crippen molar-refractivity contribution in [1.29, 1.82) is 0 Å². The molecule has 0 bridgehead atoms. The lowest BCUT2D eigenvalue weighted by atomic mass is 9.72. The highest BCUT2D eigenvalue weighted by Gasteiger charge is 2.43. The first kappa shape index (κ1) is 19.6. The van der Waals surface area contributed by atoms with Crippen molar-refractivity contribution in [3.63, 3.8) is 0 Å². The van der Waals surface area contributed by atoms with Gasteiger partial charge >= 0.3 is 0 Å². The van der Waals surface area contributed by atoms with Gasteiger partial charge in [0.05, 0.1) is 12.2 Å². The van der Waals surface area contributed by atoms with Crippen LogP contribution < -0.4 is 9.47 Å². The van der Waals surface area contributed by atoms with Crippen molar-refractivity contribution < 1.29 is 19.4 Å². The fraction of sp³-hybridized carbons (Fsp3) is 0.400. The molecule has 0 aromatic heterocycles. The Morgan fingerprint density at radius 3 is 2.76 bits per heavy atom. The summed E-state index contributed by atoms with van der Waals surface area (Å²) in [6, 6.07) is 13.6. The smallest absolute Gasteiger partial charge is 0.156 e. The molecule has 0 fully saturated rings. The lowest BCUT2D eigenvalue weighted by molar-refractivity contribution is -0.115. The third-order valence-electron chi connectivity index (χ3n) is 6.11. The van der Waals surface area contributed by atoms with Gasteiger partial charge in [0.15, 0.2) is 5.78 Å². The third-order valence-corrected chi connectivity index (χ3v) is 6.11. The SMILES string of the molecule is CC(CCOc1ccccc1)c1cc(O)c2c(c1)OC(C)(C)C1CCC(=O)C=C21. The van der Waals surface area contributed by atoms with Crippen LogP contribution in [0, 0.1) is 5.92 Å². The highest BCUT2D eigenvalue weighted by molar-refractivity contribution is 6.01. The minimum atomic E-state index is -0.412. The van der Waals surface area contributed by atoms with Crippen LogP contribution in [0.5, 0.6) is 17.2 Å². The van der Waals surface area contributed by atoms with E-state index in [-0.39, 0.29) is 23.4 Å². The molecule has 4 rings (SSSR count). The monoisotopic (exact) mass is 392 g/mol. The Kier molecular flexibility index (Phi) is 5.12. The molecule has 0 saturated carbocycles. The average Bonchev–Trinajstić information content (AvgIpc) is 2.67. The summed E-state index contributed by atoms with van der Waals surface area (Å²) in [6.07, 6.45) is 3.81. The standard InChI is InChI=1S/C25H28O4/c1-16(11-12-28-19-7-5-4-6-8-19)17-13-22(27)24-20-15-18(26)9-10-21(20)25(2,3)29-23(24)14-17/h4-8,13-16,21,27H,9-12H2,1-3H3. The molecule has 29 heavy (non-hydrogen) atoms. The lowest BCUT2D eigenvalue weighted by Crippen LogP contribution is -2.43. The summed E-state index contributed by atoms with van der Waals surface area (Å²) in [4.78, 5) is 12.0. The van der Waals surface area contributed by atoms with Gasteiger partial charge in [-0.3, -0.25) is 4.79 Å². The quantitative estimate of drug-likeness (QED) is 0.730. The fourth-order valence-corrected chi connectivity index (χ4v) is 4.42. The van der Waals surface area contributed by atoms with Crippen LogP contribution >= 0.6 is 0 Å². The Balaban J connectivity index is 1.57. The maximum absolute atomic E-state index is 12.0. The van der Waals surface area contributed by atoms with E-state index in [0.717, 1.165) is 29.7 Å². The molecule has 0 saturated heterocycles. The Hall–Kier alpha value is -2.75. The first-order chi connectivity index (χ1) is 13.8. The van der Waals surface area contributed by atoms with Gasteiger partial charge in [-0.15, -0.1) is 0 Å². The highest BCUT2D eigenvalue weighted by atomic mass is 16.5. The zero-order valence-corrected chi connectivity index (χ0v) is 17.3. The van der Waals surface area contributed by atoms with E-state index in [9.17, 15) is 9.90 Å². The van der Waals surface area contributed by atoms with Gasteiger partial charge in [0.1, 0.15) is 22.8 Å². The molecule has 0 amide bonds. The molecule has 0 spiro atoms. The van der Waals surface area contributed by atoms with Crippen molar-refractivity contribution in [3.05, 3.63) is 59.7 Å². The summed E-state index contributed by atoms with van der Waals surface area (Å²) in [5, 5.41) is 10.8. The number of hydrogen-bond donors (Lipinski definition) is 1. The first-order valence-electron chi connectivity index (χ1n) is 10.3. The predicted molar refractivity (Wildman–Crippen MR) is 113 cm³/mol. The topological polar surface area (TPSA) is 55.8 Å². The van der Waals surface area contributed by atoms with Gasteiger partial charge in [-0.1, -0.05) is 25.1 Å². The molecule has 2 aromatic rings. The van der Waals surface area contributed by atoms with E-state index in [1.54, 1.807) is 6.08 Å². The number of phenolic OH excluding ortho intramolecular Hbond substituents is 1. The summed E-state index contributed by atoms with van der Waals surface area (Å²) in [6.45, 7) is 6.84. The number of allylic oxidation sites excluding steroid dienone is 1. The van der Waals surface area contributed by atoms with Gasteiger partial charge in [-0.2, -0.15) is 0 Å². The number of fused-ring (bicyclic) bond motifs is 3. The molecule has 152 valence electrons. The van der Waals surface area contributed by atoms with E-state index in [2.05, 4.69) is 20.8 Å². The van der Waals surface area contributed by atoms with E-state index in [0.29, 0.717) is 24.3 Å². The van der Waals surface area contributed by atoms with Gasteiger partial charge in [0, 0.05) is 12.3 Å². The number of aromatic hydroxyl groups is 1. The maximum atomic E-state index is 12.0. The maximum Gasteiger partial charge on any atom is 0.156 e. The summed E-state index contributed by atoms with van der Waals surface area (Å²) in [5.41, 5.74) is 2.19. The Morgan fingerprint density at radius 1 is 1.24 bits per heavy atom. The van der Waals surface area contributed by atoms with E-state index in [1.807, 2.05) is 42.5 Å². The zero-order valence-electron chi connectivity index (χ0n) is 17.3. The largest absolute Gasteiger partial charge is 0.507 e. The van der Waals surface area contributed by atoms with E-state index in [1.165, 1.54) is 0 Å². The third kappa shape index (κ3) is 3.89. The average molecular weight is 392 g/mol.